The van der Waals surface area contributed by atoms with Gasteiger partial charge in [-0.3, -0.25) is 9.10 Å². The maximum absolute atomic E-state index is 12.2. The molecule has 0 aromatic heterocycles. The van der Waals surface area contributed by atoms with Gasteiger partial charge in [0.1, 0.15) is 0 Å². The van der Waals surface area contributed by atoms with E-state index in [1.807, 2.05) is 26.0 Å². The van der Waals surface area contributed by atoms with Gasteiger partial charge < -0.3 is 5.32 Å². The SMILES string of the molecule is Cc1cccc(N(CCNC(=O)c2cccc(Cl)c2)S(C)(=O)=O)c1C. The van der Waals surface area contributed by atoms with Crippen LogP contribution in [-0.4, -0.2) is 33.7 Å². The second kappa shape index (κ2) is 7.89. The van der Waals surface area contributed by atoms with Crippen molar-refractivity contribution in [3.05, 3.63) is 64.2 Å². The highest BCUT2D eigenvalue weighted by Crippen LogP contribution is 2.24. The van der Waals surface area contributed by atoms with E-state index in [9.17, 15) is 13.2 Å². The largest absolute Gasteiger partial charge is 0.350 e. The number of sulfonamides is 1. The fourth-order valence-electron chi connectivity index (χ4n) is 2.47. The van der Waals surface area contributed by atoms with Gasteiger partial charge >= 0.3 is 0 Å². The smallest absolute Gasteiger partial charge is 0.251 e. The predicted octanol–water partition coefficient (Wildman–Crippen LogP) is 3.15. The van der Waals surface area contributed by atoms with Crippen LogP contribution in [-0.2, 0) is 10.0 Å². The highest BCUT2D eigenvalue weighted by molar-refractivity contribution is 7.92. The molecule has 1 N–H and O–H groups in total. The number of nitrogens with one attached hydrogen (secondary N) is 1. The Labute approximate surface area is 153 Å². The van der Waals surface area contributed by atoms with E-state index in [-0.39, 0.29) is 19.0 Å². The molecule has 7 heteroatoms. The van der Waals surface area contributed by atoms with Crippen LogP contribution < -0.4 is 9.62 Å². The molecular weight excluding hydrogens is 360 g/mol. The number of carbonyl (C=O) groups is 1. The zero-order chi connectivity index (χ0) is 18.6. The number of carbonyl (C=O) groups excluding carboxylic acids is 1. The van der Waals surface area contributed by atoms with Crippen molar-refractivity contribution in [2.75, 3.05) is 23.7 Å². The molecule has 134 valence electrons. The Bertz CT molecular complexity index is 882. The number of rotatable bonds is 6. The van der Waals surface area contributed by atoms with Crippen LogP contribution in [0.4, 0.5) is 5.69 Å². The molecule has 0 saturated heterocycles. The number of amides is 1. The van der Waals surface area contributed by atoms with Gasteiger partial charge in [-0.05, 0) is 49.2 Å². The lowest BCUT2D eigenvalue weighted by Gasteiger charge is -2.25. The van der Waals surface area contributed by atoms with E-state index in [0.717, 1.165) is 17.4 Å². The van der Waals surface area contributed by atoms with Crippen LogP contribution >= 0.6 is 11.6 Å². The highest BCUT2D eigenvalue weighted by atomic mass is 35.5. The Morgan fingerprint density at radius 3 is 2.48 bits per heavy atom. The third-order valence-electron chi connectivity index (χ3n) is 3.93. The van der Waals surface area contributed by atoms with Gasteiger partial charge in [0.05, 0.1) is 18.5 Å². The van der Waals surface area contributed by atoms with Crippen LogP contribution in [0.25, 0.3) is 0 Å². The average molecular weight is 381 g/mol. The zero-order valence-electron chi connectivity index (χ0n) is 14.4. The van der Waals surface area contributed by atoms with E-state index in [4.69, 9.17) is 11.6 Å². The molecule has 0 bridgehead atoms. The minimum atomic E-state index is -3.47. The van der Waals surface area contributed by atoms with Gasteiger partial charge in [-0.2, -0.15) is 0 Å². The molecule has 0 aliphatic heterocycles. The monoisotopic (exact) mass is 380 g/mol. The third kappa shape index (κ3) is 4.96. The van der Waals surface area contributed by atoms with E-state index in [0.29, 0.717) is 16.3 Å². The van der Waals surface area contributed by atoms with Crippen LogP contribution in [0, 0.1) is 13.8 Å². The summed E-state index contributed by atoms with van der Waals surface area (Å²) < 4.78 is 25.7. The van der Waals surface area contributed by atoms with Crippen molar-refractivity contribution in [3.8, 4) is 0 Å². The molecule has 0 spiro atoms. The van der Waals surface area contributed by atoms with Crippen molar-refractivity contribution in [1.29, 1.82) is 0 Å². The Balaban J connectivity index is 2.12. The van der Waals surface area contributed by atoms with E-state index in [1.165, 1.54) is 4.31 Å². The summed E-state index contributed by atoms with van der Waals surface area (Å²) in [4.78, 5) is 12.1. The lowest BCUT2D eigenvalue weighted by Crippen LogP contribution is -2.38. The number of aryl methyl sites for hydroxylation is 1. The van der Waals surface area contributed by atoms with E-state index >= 15 is 0 Å². The molecule has 0 saturated carbocycles. The van der Waals surface area contributed by atoms with Crippen molar-refractivity contribution in [1.82, 2.24) is 5.32 Å². The Morgan fingerprint density at radius 1 is 1.16 bits per heavy atom. The molecule has 0 aliphatic carbocycles. The topological polar surface area (TPSA) is 66.5 Å². The molecular formula is C18H21ClN2O3S. The summed E-state index contributed by atoms with van der Waals surface area (Å²) in [5.74, 6) is -0.295. The van der Waals surface area contributed by atoms with Gasteiger partial charge in [0, 0.05) is 17.1 Å². The van der Waals surface area contributed by atoms with Crippen molar-refractivity contribution in [2.24, 2.45) is 0 Å². The summed E-state index contributed by atoms with van der Waals surface area (Å²) in [6.07, 6.45) is 1.16. The second-order valence-electron chi connectivity index (χ2n) is 5.82. The quantitative estimate of drug-likeness (QED) is 0.837. The maximum Gasteiger partial charge on any atom is 0.251 e. The first-order valence-electron chi connectivity index (χ1n) is 7.78. The molecule has 2 rings (SSSR count). The molecule has 1 amide bonds. The van der Waals surface area contributed by atoms with E-state index in [1.54, 1.807) is 30.3 Å². The molecule has 0 aliphatic rings. The van der Waals surface area contributed by atoms with E-state index < -0.39 is 10.0 Å². The number of nitrogens with zero attached hydrogens (tertiary/aromatic N) is 1. The number of anilines is 1. The first kappa shape index (κ1) is 19.3. The number of benzene rings is 2. The first-order chi connectivity index (χ1) is 11.7. The summed E-state index contributed by atoms with van der Waals surface area (Å²) in [6, 6.07) is 12.1. The molecule has 0 unspecified atom stereocenters. The van der Waals surface area contributed by atoms with Crippen LogP contribution in [0.3, 0.4) is 0 Å². The van der Waals surface area contributed by atoms with Gasteiger partial charge in [0.25, 0.3) is 5.91 Å². The van der Waals surface area contributed by atoms with Crippen molar-refractivity contribution < 1.29 is 13.2 Å². The normalized spacial score (nSPS) is 11.2. The molecule has 2 aromatic rings. The Morgan fingerprint density at radius 2 is 1.84 bits per heavy atom. The number of halogens is 1. The predicted molar refractivity (Wildman–Crippen MR) is 102 cm³/mol. The minimum Gasteiger partial charge on any atom is -0.350 e. The Hall–Kier alpha value is -2.05. The third-order valence-corrected chi connectivity index (χ3v) is 5.35. The minimum absolute atomic E-state index is 0.148. The summed E-state index contributed by atoms with van der Waals surface area (Å²) >= 11 is 5.88. The molecule has 2 aromatic carbocycles. The van der Waals surface area contributed by atoms with Crippen LogP contribution in [0.15, 0.2) is 42.5 Å². The first-order valence-corrected chi connectivity index (χ1v) is 10.0. The van der Waals surface area contributed by atoms with Crippen molar-refractivity contribution in [3.63, 3.8) is 0 Å². The summed E-state index contributed by atoms with van der Waals surface area (Å²) in [5, 5.41) is 3.20. The molecule has 0 heterocycles. The Kier molecular flexibility index (Phi) is 6.08. The van der Waals surface area contributed by atoms with E-state index in [2.05, 4.69) is 5.32 Å². The maximum atomic E-state index is 12.2. The molecule has 5 nitrogen and oxygen atoms in total. The summed E-state index contributed by atoms with van der Waals surface area (Å²) in [6.45, 7) is 4.15. The van der Waals surface area contributed by atoms with Gasteiger partial charge in [0.2, 0.25) is 10.0 Å². The molecule has 0 fully saturated rings. The van der Waals surface area contributed by atoms with Crippen LogP contribution in [0.5, 0.6) is 0 Å². The number of hydrogen-bond acceptors (Lipinski definition) is 3. The second-order valence-corrected chi connectivity index (χ2v) is 8.16. The average Bonchev–Trinajstić information content (AvgIpc) is 2.53. The lowest BCUT2D eigenvalue weighted by molar-refractivity contribution is 0.0955. The number of hydrogen-bond donors (Lipinski definition) is 1. The summed E-state index contributed by atoms with van der Waals surface area (Å²) in [7, 11) is -3.47. The van der Waals surface area contributed by atoms with Gasteiger partial charge in [-0.1, -0.05) is 29.8 Å². The van der Waals surface area contributed by atoms with Gasteiger partial charge in [-0.15, -0.1) is 0 Å². The fraction of sp³-hybridized carbons (Fsp3) is 0.278. The summed E-state index contributed by atoms with van der Waals surface area (Å²) in [5.41, 5.74) is 2.97. The standard InChI is InChI=1S/C18H21ClN2O3S/c1-13-6-4-9-17(14(13)2)21(25(3,23)24)11-10-20-18(22)15-7-5-8-16(19)12-15/h4-9,12H,10-11H2,1-3H3,(H,20,22). The fourth-order valence-corrected chi connectivity index (χ4v) is 3.64. The highest BCUT2D eigenvalue weighted by Gasteiger charge is 2.19. The van der Waals surface area contributed by atoms with Crippen molar-refractivity contribution in [2.45, 2.75) is 13.8 Å². The zero-order valence-corrected chi connectivity index (χ0v) is 16.0. The van der Waals surface area contributed by atoms with Gasteiger partial charge in [0.15, 0.2) is 0 Å². The lowest BCUT2D eigenvalue weighted by atomic mass is 10.1. The van der Waals surface area contributed by atoms with Gasteiger partial charge in [-0.25, -0.2) is 8.42 Å². The molecule has 0 radical (unpaired) electrons. The van der Waals surface area contributed by atoms with Crippen LogP contribution in [0.1, 0.15) is 21.5 Å². The molecule has 0 atom stereocenters. The van der Waals surface area contributed by atoms with Crippen molar-refractivity contribution >= 4 is 33.2 Å². The van der Waals surface area contributed by atoms with Crippen LogP contribution in [0.2, 0.25) is 5.02 Å². The molecule has 25 heavy (non-hydrogen) atoms.